The van der Waals surface area contributed by atoms with Gasteiger partial charge in [-0.2, -0.15) is 0 Å². The number of rotatable bonds is 29. The zero-order valence-corrected chi connectivity index (χ0v) is 54.9. The molecule has 4 heterocycles. The Labute approximate surface area is 554 Å². The number of carbonyl (C=O) groups is 1. The molecular formula is C78H92O16. The lowest BCUT2D eigenvalue weighted by molar-refractivity contribution is -0.390. The van der Waals surface area contributed by atoms with Gasteiger partial charge in [-0.05, 0) is 66.6 Å². The second-order valence-electron chi connectivity index (χ2n) is 25.2. The van der Waals surface area contributed by atoms with Crippen LogP contribution in [0.25, 0.3) is 0 Å². The van der Waals surface area contributed by atoms with Gasteiger partial charge in [0.1, 0.15) is 48.8 Å². The summed E-state index contributed by atoms with van der Waals surface area (Å²) in [6.45, 7) is 15.3. The van der Waals surface area contributed by atoms with Crippen LogP contribution >= 0.6 is 0 Å². The molecule has 7 aromatic rings. The minimum Gasteiger partial charge on any atom is -0.457 e. The molecule has 4 aliphatic heterocycles. The molecule has 0 aromatic heterocycles. The molecule has 4 saturated heterocycles. The van der Waals surface area contributed by atoms with E-state index in [1.807, 2.05) is 223 Å². The maximum Gasteiger partial charge on any atom is 0.303 e. The highest BCUT2D eigenvalue weighted by atomic mass is 16.8. The van der Waals surface area contributed by atoms with Crippen molar-refractivity contribution in [3.8, 4) is 0 Å². The summed E-state index contributed by atoms with van der Waals surface area (Å²) in [5, 5.41) is 0. The standard InChI is InChI=1S/C78H92O16/c1-51-66(81-44-59-31-17-9-18-32-59)72(85-48-63-39-25-13-26-40-63)65(50-80-43-58-29-15-8-16-30-58)91-77(51)92-67-52(2)76(88-54(4)68(67)82-45-60-33-19-10-20-34-60)94-75-73(86-49-64-41-27-14-28-42-64)69(83-46-61-35-21-11-22-36-61)55(5)89-78(75)93-74-70(84-47-62-37-23-12-24-38-62)53(3)87-56(6)71(74)90-57(7)79/h8-42,51-56,65-78H,43-50H2,1-7H3/t51?,52?,53?,54?,55?,56?,65-,66?,67+,68+,69+,70+,71?,72-,73-,74-,75?,76+,77-,78+/m1/s1. The first-order valence-electron chi connectivity index (χ1n) is 33.2. The van der Waals surface area contributed by atoms with Gasteiger partial charge in [0.2, 0.25) is 0 Å². The van der Waals surface area contributed by atoms with Crippen LogP contribution in [0.4, 0.5) is 0 Å². The molecule has 20 atom stereocenters. The van der Waals surface area contributed by atoms with Gasteiger partial charge >= 0.3 is 5.97 Å². The first-order chi connectivity index (χ1) is 45.9. The molecule has 16 nitrogen and oxygen atoms in total. The predicted octanol–water partition coefficient (Wildman–Crippen LogP) is 13.1. The number of carbonyl (C=O) groups excluding carboxylic acids is 1. The fraction of sp³-hybridized carbons (Fsp3) is 0.449. The third-order valence-corrected chi connectivity index (χ3v) is 18.0. The summed E-state index contributed by atoms with van der Waals surface area (Å²) in [5.41, 5.74) is 6.87. The van der Waals surface area contributed by atoms with Crippen LogP contribution in [-0.2, 0) is 122 Å². The molecule has 4 fully saturated rings. The summed E-state index contributed by atoms with van der Waals surface area (Å²) in [7, 11) is 0. The molecule has 0 amide bonds. The fourth-order valence-corrected chi connectivity index (χ4v) is 13.0. The fourth-order valence-electron chi connectivity index (χ4n) is 13.0. The second-order valence-corrected chi connectivity index (χ2v) is 25.2. The highest BCUT2D eigenvalue weighted by molar-refractivity contribution is 5.66. The van der Waals surface area contributed by atoms with Gasteiger partial charge in [0.15, 0.2) is 25.0 Å². The molecule has 16 heteroatoms. The summed E-state index contributed by atoms with van der Waals surface area (Å²) in [5.74, 6) is -1.51. The van der Waals surface area contributed by atoms with Gasteiger partial charge in [0.25, 0.3) is 0 Å². The molecular weight excluding hydrogens is 1190 g/mol. The molecule has 0 saturated carbocycles. The molecule has 0 radical (unpaired) electrons. The summed E-state index contributed by atoms with van der Waals surface area (Å²) in [6.07, 6.45) is -14.0. The second kappa shape index (κ2) is 34.4. The molecule has 0 spiro atoms. The Kier molecular flexibility index (Phi) is 25.2. The first kappa shape index (κ1) is 68.8. The van der Waals surface area contributed by atoms with Gasteiger partial charge in [0, 0.05) is 18.8 Å². The van der Waals surface area contributed by atoms with Gasteiger partial charge < -0.3 is 71.1 Å². The smallest absolute Gasteiger partial charge is 0.303 e. The molecule has 500 valence electrons. The van der Waals surface area contributed by atoms with Crippen molar-refractivity contribution in [2.75, 3.05) is 6.61 Å². The Morgan fingerprint density at radius 1 is 0.298 bits per heavy atom. The molecule has 11 rings (SSSR count). The number of benzene rings is 7. The Balaban J connectivity index is 0.959. The molecule has 0 bridgehead atoms. The molecule has 0 aliphatic carbocycles. The van der Waals surface area contributed by atoms with E-state index < -0.39 is 128 Å². The summed E-state index contributed by atoms with van der Waals surface area (Å²) < 4.78 is 105. The molecule has 94 heavy (non-hydrogen) atoms. The summed E-state index contributed by atoms with van der Waals surface area (Å²) in [4.78, 5) is 13.2. The zero-order valence-electron chi connectivity index (χ0n) is 54.9. The first-order valence-corrected chi connectivity index (χ1v) is 33.2. The van der Waals surface area contributed by atoms with Crippen LogP contribution in [0, 0.1) is 11.8 Å². The lowest BCUT2D eigenvalue weighted by Gasteiger charge is -2.52. The normalized spacial score (nSPS) is 31.1. The van der Waals surface area contributed by atoms with Crippen molar-refractivity contribution in [1.82, 2.24) is 0 Å². The van der Waals surface area contributed by atoms with E-state index in [0.717, 1.165) is 38.9 Å². The van der Waals surface area contributed by atoms with Crippen LogP contribution in [0.5, 0.6) is 0 Å². The quantitative estimate of drug-likeness (QED) is 0.0408. The third kappa shape index (κ3) is 18.5. The average Bonchev–Trinajstić information content (AvgIpc) is 0.778. The number of esters is 1. The maximum absolute atomic E-state index is 13.2. The van der Waals surface area contributed by atoms with E-state index in [1.165, 1.54) is 6.92 Å². The van der Waals surface area contributed by atoms with E-state index in [2.05, 4.69) is 31.2 Å². The topological polar surface area (TPSA) is 156 Å². The van der Waals surface area contributed by atoms with Crippen LogP contribution in [0.1, 0.15) is 87.4 Å². The largest absolute Gasteiger partial charge is 0.457 e. The van der Waals surface area contributed by atoms with E-state index in [9.17, 15) is 4.79 Å². The van der Waals surface area contributed by atoms with Crippen LogP contribution in [0.3, 0.4) is 0 Å². The van der Waals surface area contributed by atoms with Crippen molar-refractivity contribution in [2.24, 2.45) is 11.8 Å². The van der Waals surface area contributed by atoms with E-state index in [4.69, 9.17) is 71.1 Å². The number of hydrogen-bond donors (Lipinski definition) is 0. The van der Waals surface area contributed by atoms with Crippen molar-refractivity contribution in [3.63, 3.8) is 0 Å². The molecule has 9 unspecified atom stereocenters. The highest BCUT2D eigenvalue weighted by Crippen LogP contribution is 2.42. The average molecular weight is 1290 g/mol. The van der Waals surface area contributed by atoms with Gasteiger partial charge in [0.05, 0.1) is 89.5 Å². The van der Waals surface area contributed by atoms with Crippen LogP contribution < -0.4 is 0 Å². The van der Waals surface area contributed by atoms with Crippen LogP contribution in [-0.4, -0.2) is 123 Å². The van der Waals surface area contributed by atoms with Gasteiger partial charge in [-0.15, -0.1) is 0 Å². The summed E-state index contributed by atoms with van der Waals surface area (Å²) in [6, 6.07) is 70.2. The van der Waals surface area contributed by atoms with Crippen molar-refractivity contribution in [1.29, 1.82) is 0 Å². The minimum atomic E-state index is -1.21. The Morgan fingerprint density at radius 2 is 0.596 bits per heavy atom. The van der Waals surface area contributed by atoms with Gasteiger partial charge in [-0.25, -0.2) is 0 Å². The third-order valence-electron chi connectivity index (χ3n) is 18.0. The predicted molar refractivity (Wildman–Crippen MR) is 352 cm³/mol. The Bertz CT molecular complexity index is 3290. The Hall–Kier alpha value is -6.55. The van der Waals surface area contributed by atoms with Gasteiger partial charge in [-0.1, -0.05) is 226 Å². The SMILES string of the molecule is CC(=O)OC1C(C)OC(C)[C@H](OCc2ccccc2)[C@H]1O[C@@H]1OC(C)[C@H](OCc2ccccc2)[C@@H](OCc2ccccc2)C1O[C@@H]1OC(C)[C@H](OCc2ccccc2)[C@@H](O[C@H]2O[C@H](COCc3ccccc3)[C@@H](OCc3ccccc3)C(OCc3ccccc3)C2C)C1C. The molecule has 7 aromatic carbocycles. The monoisotopic (exact) mass is 1280 g/mol. The lowest BCUT2D eigenvalue weighted by Crippen LogP contribution is -2.66. The number of ether oxygens (including phenoxy) is 15. The molecule has 4 aliphatic rings. The van der Waals surface area contributed by atoms with E-state index >= 15 is 0 Å². The number of hydrogen-bond acceptors (Lipinski definition) is 16. The van der Waals surface area contributed by atoms with Crippen molar-refractivity contribution < 1.29 is 75.8 Å². The van der Waals surface area contributed by atoms with Crippen molar-refractivity contribution in [3.05, 3.63) is 251 Å². The van der Waals surface area contributed by atoms with Gasteiger partial charge in [-0.3, -0.25) is 4.79 Å². The van der Waals surface area contributed by atoms with Crippen LogP contribution in [0.2, 0.25) is 0 Å². The van der Waals surface area contributed by atoms with Crippen LogP contribution in [0.15, 0.2) is 212 Å². The van der Waals surface area contributed by atoms with Crippen molar-refractivity contribution >= 4 is 5.97 Å². The summed E-state index contributed by atoms with van der Waals surface area (Å²) >= 11 is 0. The maximum atomic E-state index is 13.2. The zero-order chi connectivity index (χ0) is 65.2. The van der Waals surface area contributed by atoms with E-state index in [1.54, 1.807) is 0 Å². The van der Waals surface area contributed by atoms with E-state index in [0.29, 0.717) is 19.8 Å². The molecule has 0 N–H and O–H groups in total. The lowest BCUT2D eigenvalue weighted by atomic mass is 9.89. The van der Waals surface area contributed by atoms with E-state index in [-0.39, 0.29) is 33.0 Å². The highest BCUT2D eigenvalue weighted by Gasteiger charge is 2.56. The minimum absolute atomic E-state index is 0.173. The Morgan fingerprint density at radius 3 is 1.02 bits per heavy atom. The van der Waals surface area contributed by atoms with Crippen molar-refractivity contribution in [2.45, 2.75) is 205 Å².